The second-order valence-corrected chi connectivity index (χ2v) is 4.40. The molecule has 1 aromatic heterocycles. The first-order chi connectivity index (χ1) is 8.06. The summed E-state index contributed by atoms with van der Waals surface area (Å²) in [7, 11) is 1.69. The van der Waals surface area contributed by atoms with Gasteiger partial charge in [-0.25, -0.2) is 4.98 Å². The first-order valence-corrected chi connectivity index (χ1v) is 5.96. The molecule has 0 bridgehead atoms. The fourth-order valence-electron chi connectivity index (χ4n) is 1.68. The summed E-state index contributed by atoms with van der Waals surface area (Å²) in [5, 5.41) is 9.57. The first-order valence-electron chi connectivity index (χ1n) is 5.96. The van der Waals surface area contributed by atoms with Crippen molar-refractivity contribution in [3.8, 4) is 0 Å². The minimum absolute atomic E-state index is 0.349. The van der Waals surface area contributed by atoms with Crippen molar-refractivity contribution < 1.29 is 9.84 Å². The van der Waals surface area contributed by atoms with Gasteiger partial charge in [-0.1, -0.05) is 0 Å². The van der Waals surface area contributed by atoms with Crippen LogP contribution in [0.4, 0.5) is 5.82 Å². The zero-order chi connectivity index (χ0) is 12.8. The van der Waals surface area contributed by atoms with E-state index in [4.69, 9.17) is 4.74 Å². The number of methoxy groups -OCH3 is 1. The topological polar surface area (TPSA) is 45.6 Å². The quantitative estimate of drug-likeness (QED) is 0.823. The fraction of sp³-hybridized carbons (Fsp3) is 0.615. The molecule has 0 saturated carbocycles. The highest BCUT2D eigenvalue weighted by Gasteiger charge is 2.12. The van der Waals surface area contributed by atoms with Crippen LogP contribution in [0.3, 0.4) is 0 Å². The molecule has 0 spiro atoms. The van der Waals surface area contributed by atoms with Gasteiger partial charge in [0, 0.05) is 25.9 Å². The maximum Gasteiger partial charge on any atom is 0.129 e. The molecule has 1 aromatic rings. The van der Waals surface area contributed by atoms with Crippen molar-refractivity contribution in [3.05, 3.63) is 23.9 Å². The van der Waals surface area contributed by atoms with E-state index in [-0.39, 0.29) is 0 Å². The Morgan fingerprint density at radius 1 is 1.41 bits per heavy atom. The summed E-state index contributed by atoms with van der Waals surface area (Å²) in [5.41, 5.74) is 0.887. The molecule has 1 heterocycles. The zero-order valence-electron chi connectivity index (χ0n) is 11.1. The van der Waals surface area contributed by atoms with Crippen LogP contribution in [-0.4, -0.2) is 36.4 Å². The monoisotopic (exact) mass is 238 g/mol. The number of rotatable bonds is 6. The number of hydrogen-bond acceptors (Lipinski definition) is 4. The minimum atomic E-state index is -0.465. The molecule has 1 N–H and O–H groups in total. The number of pyridine rings is 1. The van der Waals surface area contributed by atoms with Crippen LogP contribution in [0.2, 0.25) is 0 Å². The maximum absolute atomic E-state index is 9.57. The van der Waals surface area contributed by atoms with Crippen LogP contribution in [0.5, 0.6) is 0 Å². The van der Waals surface area contributed by atoms with Gasteiger partial charge >= 0.3 is 0 Å². The van der Waals surface area contributed by atoms with Crippen molar-refractivity contribution in [1.29, 1.82) is 0 Å². The Labute approximate surface area is 103 Å². The van der Waals surface area contributed by atoms with Gasteiger partial charge in [0.1, 0.15) is 5.82 Å². The highest BCUT2D eigenvalue weighted by Crippen LogP contribution is 2.19. The highest BCUT2D eigenvalue weighted by atomic mass is 16.5. The van der Waals surface area contributed by atoms with Gasteiger partial charge in [-0.05, 0) is 38.5 Å². The Bertz CT molecular complexity index is 340. The van der Waals surface area contributed by atoms with E-state index in [0.29, 0.717) is 12.6 Å². The second-order valence-electron chi connectivity index (χ2n) is 4.40. The molecular formula is C13H22N2O2. The number of hydrogen-bond donors (Lipinski definition) is 1. The van der Waals surface area contributed by atoms with E-state index in [9.17, 15) is 5.11 Å². The average molecular weight is 238 g/mol. The SMILES string of the molecule is COCCN(c1cc([C@@H](C)O)ccn1)C(C)C. The molecular weight excluding hydrogens is 216 g/mol. The van der Waals surface area contributed by atoms with Crippen LogP contribution in [-0.2, 0) is 4.74 Å². The molecule has 0 aromatic carbocycles. The highest BCUT2D eigenvalue weighted by molar-refractivity contribution is 5.42. The largest absolute Gasteiger partial charge is 0.389 e. The lowest BCUT2D eigenvalue weighted by Crippen LogP contribution is -2.34. The normalized spacial score (nSPS) is 12.8. The van der Waals surface area contributed by atoms with Gasteiger partial charge in [0.2, 0.25) is 0 Å². The van der Waals surface area contributed by atoms with Gasteiger partial charge in [0.25, 0.3) is 0 Å². The molecule has 1 rings (SSSR count). The van der Waals surface area contributed by atoms with Crippen LogP contribution in [0.15, 0.2) is 18.3 Å². The van der Waals surface area contributed by atoms with Crippen molar-refractivity contribution in [1.82, 2.24) is 4.98 Å². The van der Waals surface area contributed by atoms with Crippen molar-refractivity contribution >= 4 is 5.82 Å². The maximum atomic E-state index is 9.57. The lowest BCUT2D eigenvalue weighted by Gasteiger charge is -2.28. The smallest absolute Gasteiger partial charge is 0.129 e. The van der Waals surface area contributed by atoms with Gasteiger partial charge in [0.05, 0.1) is 12.7 Å². The molecule has 0 amide bonds. The average Bonchev–Trinajstić information content (AvgIpc) is 2.29. The van der Waals surface area contributed by atoms with E-state index in [1.165, 1.54) is 0 Å². The van der Waals surface area contributed by atoms with Crippen molar-refractivity contribution in [3.63, 3.8) is 0 Å². The molecule has 0 saturated heterocycles. The third-order valence-electron chi connectivity index (χ3n) is 2.71. The summed E-state index contributed by atoms with van der Waals surface area (Å²) in [6.07, 6.45) is 1.27. The van der Waals surface area contributed by atoms with Gasteiger partial charge in [-0.3, -0.25) is 0 Å². The van der Waals surface area contributed by atoms with E-state index in [0.717, 1.165) is 17.9 Å². The summed E-state index contributed by atoms with van der Waals surface area (Å²) < 4.78 is 5.10. The van der Waals surface area contributed by atoms with E-state index in [2.05, 4.69) is 23.7 Å². The van der Waals surface area contributed by atoms with Crippen LogP contribution >= 0.6 is 0 Å². The molecule has 0 radical (unpaired) electrons. The van der Waals surface area contributed by atoms with Gasteiger partial charge in [-0.2, -0.15) is 0 Å². The Hall–Kier alpha value is -1.13. The van der Waals surface area contributed by atoms with E-state index in [1.807, 2.05) is 12.1 Å². The number of aromatic nitrogens is 1. The molecule has 4 heteroatoms. The lowest BCUT2D eigenvalue weighted by atomic mass is 10.1. The fourth-order valence-corrected chi connectivity index (χ4v) is 1.68. The third kappa shape index (κ3) is 3.98. The summed E-state index contributed by atoms with van der Waals surface area (Å²) in [4.78, 5) is 6.52. The molecule has 0 unspecified atom stereocenters. The van der Waals surface area contributed by atoms with Crippen LogP contribution in [0, 0.1) is 0 Å². The zero-order valence-corrected chi connectivity index (χ0v) is 11.1. The van der Waals surface area contributed by atoms with Crippen LogP contribution in [0.25, 0.3) is 0 Å². The predicted molar refractivity (Wildman–Crippen MR) is 69.2 cm³/mol. The Morgan fingerprint density at radius 2 is 2.12 bits per heavy atom. The van der Waals surface area contributed by atoms with E-state index < -0.39 is 6.10 Å². The van der Waals surface area contributed by atoms with Gasteiger partial charge in [-0.15, -0.1) is 0 Å². The number of aliphatic hydroxyl groups excluding tert-OH is 1. The second kappa shape index (κ2) is 6.57. The van der Waals surface area contributed by atoms with Crippen molar-refractivity contribution in [2.24, 2.45) is 0 Å². The van der Waals surface area contributed by atoms with Crippen molar-refractivity contribution in [2.75, 3.05) is 25.2 Å². The first kappa shape index (κ1) is 13.9. The molecule has 0 aliphatic heterocycles. The Kier molecular flexibility index (Phi) is 5.38. The lowest BCUT2D eigenvalue weighted by molar-refractivity contribution is 0.199. The van der Waals surface area contributed by atoms with E-state index in [1.54, 1.807) is 20.2 Å². The molecule has 1 atom stereocenters. The number of ether oxygens (including phenoxy) is 1. The van der Waals surface area contributed by atoms with Gasteiger partial charge < -0.3 is 14.7 Å². The van der Waals surface area contributed by atoms with Crippen LogP contribution < -0.4 is 4.90 Å². The van der Waals surface area contributed by atoms with E-state index >= 15 is 0 Å². The number of aliphatic hydroxyl groups is 1. The Morgan fingerprint density at radius 3 is 2.65 bits per heavy atom. The summed E-state index contributed by atoms with van der Waals surface area (Å²) in [6.45, 7) is 7.45. The molecule has 17 heavy (non-hydrogen) atoms. The molecule has 0 fully saturated rings. The predicted octanol–water partition coefficient (Wildman–Crippen LogP) is 2.00. The third-order valence-corrected chi connectivity index (χ3v) is 2.71. The molecule has 0 aliphatic rings. The minimum Gasteiger partial charge on any atom is -0.389 e. The van der Waals surface area contributed by atoms with Crippen molar-refractivity contribution in [2.45, 2.75) is 32.9 Å². The van der Waals surface area contributed by atoms with Gasteiger partial charge in [0.15, 0.2) is 0 Å². The molecule has 96 valence electrons. The summed E-state index contributed by atoms with van der Waals surface area (Å²) in [5.74, 6) is 0.885. The number of nitrogens with zero attached hydrogens (tertiary/aromatic N) is 2. The standard InChI is InChI=1S/C13H22N2O2/c1-10(2)15(7-8-17-4)13-9-12(11(3)16)5-6-14-13/h5-6,9-11,16H,7-8H2,1-4H3/t11-/m1/s1. The number of anilines is 1. The summed E-state index contributed by atoms with van der Waals surface area (Å²) in [6, 6.07) is 4.12. The Balaban J connectivity index is 2.89. The van der Waals surface area contributed by atoms with Crippen LogP contribution in [0.1, 0.15) is 32.4 Å². The molecule has 4 nitrogen and oxygen atoms in total. The summed E-state index contributed by atoms with van der Waals surface area (Å²) >= 11 is 0. The molecule has 0 aliphatic carbocycles.